The summed E-state index contributed by atoms with van der Waals surface area (Å²) in [7, 11) is 0. The topological polar surface area (TPSA) is 101 Å². The zero-order valence-corrected chi connectivity index (χ0v) is 21.3. The fraction of sp³-hybridized carbons (Fsp3) is 0.609. The zero-order chi connectivity index (χ0) is 27.5. The van der Waals surface area contributed by atoms with E-state index in [4.69, 9.17) is 11.6 Å². The minimum atomic E-state index is -4.60. The predicted octanol–water partition coefficient (Wildman–Crippen LogP) is 5.25. The number of ether oxygens (including phenoxy) is 1. The minimum Gasteiger partial charge on any atom is -0.434 e. The van der Waals surface area contributed by atoms with Crippen molar-refractivity contribution in [1.29, 1.82) is 0 Å². The van der Waals surface area contributed by atoms with Crippen molar-refractivity contribution in [3.63, 3.8) is 0 Å². The number of alkyl halides is 5. The van der Waals surface area contributed by atoms with Crippen LogP contribution in [0.25, 0.3) is 11.3 Å². The van der Waals surface area contributed by atoms with E-state index in [1.54, 1.807) is 6.92 Å². The Balaban J connectivity index is 1.91. The SMILES string of the molecule is CCn1nc(C(=O)NCC2(O)CCC(C)CC2)c(Cl)c1-c1cnc(N[C@H](C)C(F)(F)F)cc1OC(F)F. The van der Waals surface area contributed by atoms with Gasteiger partial charge in [-0.25, -0.2) is 4.98 Å². The molecular weight excluding hydrogens is 525 g/mol. The molecule has 1 atom stereocenters. The van der Waals surface area contributed by atoms with E-state index < -0.39 is 36.1 Å². The second-order valence-electron chi connectivity index (χ2n) is 9.27. The highest BCUT2D eigenvalue weighted by Gasteiger charge is 2.37. The molecule has 2 aromatic rings. The number of aromatic nitrogens is 3. The van der Waals surface area contributed by atoms with Crippen molar-refractivity contribution in [3.05, 3.63) is 23.0 Å². The van der Waals surface area contributed by atoms with Gasteiger partial charge in [0.2, 0.25) is 0 Å². The monoisotopic (exact) mass is 553 g/mol. The van der Waals surface area contributed by atoms with E-state index in [2.05, 4.69) is 32.4 Å². The van der Waals surface area contributed by atoms with Crippen molar-refractivity contribution in [2.75, 3.05) is 11.9 Å². The van der Waals surface area contributed by atoms with Crippen LogP contribution < -0.4 is 15.4 Å². The first-order valence-electron chi connectivity index (χ1n) is 11.8. The van der Waals surface area contributed by atoms with Crippen LogP contribution >= 0.6 is 11.6 Å². The van der Waals surface area contributed by atoms with Crippen LogP contribution in [0.3, 0.4) is 0 Å². The molecule has 2 aromatic heterocycles. The normalized spacial score (nSPS) is 21.1. The van der Waals surface area contributed by atoms with Gasteiger partial charge in [0.15, 0.2) is 5.69 Å². The van der Waals surface area contributed by atoms with E-state index in [-0.39, 0.29) is 40.9 Å². The third-order valence-corrected chi connectivity index (χ3v) is 6.74. The Bertz CT molecular complexity index is 1100. The van der Waals surface area contributed by atoms with Gasteiger partial charge in [-0.1, -0.05) is 18.5 Å². The summed E-state index contributed by atoms with van der Waals surface area (Å²) in [5.74, 6) is -1.04. The number of nitrogens with zero attached hydrogens (tertiary/aromatic N) is 3. The van der Waals surface area contributed by atoms with E-state index in [9.17, 15) is 31.9 Å². The Hall–Kier alpha value is -2.67. The van der Waals surface area contributed by atoms with Crippen LogP contribution in [0.4, 0.5) is 27.8 Å². The summed E-state index contributed by atoms with van der Waals surface area (Å²) in [4.78, 5) is 16.8. The van der Waals surface area contributed by atoms with Crippen LogP contribution in [0, 0.1) is 5.92 Å². The molecule has 0 unspecified atom stereocenters. The molecule has 14 heteroatoms. The van der Waals surface area contributed by atoms with Crippen LogP contribution in [0.15, 0.2) is 12.3 Å². The van der Waals surface area contributed by atoms with Gasteiger partial charge in [-0.2, -0.15) is 27.1 Å². The Morgan fingerprint density at radius 2 is 2.00 bits per heavy atom. The first-order valence-corrected chi connectivity index (χ1v) is 12.2. The number of aliphatic hydroxyl groups is 1. The van der Waals surface area contributed by atoms with Gasteiger partial charge in [-0.15, -0.1) is 0 Å². The number of amides is 1. The molecule has 8 nitrogen and oxygen atoms in total. The van der Waals surface area contributed by atoms with Crippen molar-refractivity contribution in [2.45, 2.75) is 77.4 Å². The maximum atomic E-state index is 13.2. The molecule has 37 heavy (non-hydrogen) atoms. The lowest BCUT2D eigenvalue weighted by atomic mass is 9.79. The predicted molar refractivity (Wildman–Crippen MR) is 127 cm³/mol. The molecule has 0 spiro atoms. The molecule has 0 radical (unpaired) electrons. The number of carbonyl (C=O) groups is 1. The lowest BCUT2D eigenvalue weighted by Crippen LogP contribution is -2.45. The highest BCUT2D eigenvalue weighted by molar-refractivity contribution is 6.36. The molecule has 2 heterocycles. The molecule has 206 valence electrons. The third kappa shape index (κ3) is 7.01. The molecular formula is C23H29ClF5N5O3. The number of aryl methyl sites for hydroxylation is 1. The molecule has 1 saturated carbocycles. The average Bonchev–Trinajstić information content (AvgIpc) is 3.15. The van der Waals surface area contributed by atoms with Crippen molar-refractivity contribution in [1.82, 2.24) is 20.1 Å². The molecule has 0 saturated heterocycles. The zero-order valence-electron chi connectivity index (χ0n) is 20.5. The van der Waals surface area contributed by atoms with Crippen molar-refractivity contribution < 1.29 is 36.6 Å². The summed E-state index contributed by atoms with van der Waals surface area (Å²) < 4.78 is 70.9. The van der Waals surface area contributed by atoms with E-state index in [1.165, 1.54) is 4.68 Å². The van der Waals surface area contributed by atoms with E-state index >= 15 is 0 Å². The molecule has 0 bridgehead atoms. The van der Waals surface area contributed by atoms with Gasteiger partial charge in [0.25, 0.3) is 5.91 Å². The van der Waals surface area contributed by atoms with Crippen LogP contribution in [0.2, 0.25) is 5.02 Å². The number of hydrogen-bond donors (Lipinski definition) is 3. The van der Waals surface area contributed by atoms with E-state index in [0.29, 0.717) is 18.8 Å². The lowest BCUT2D eigenvalue weighted by molar-refractivity contribution is -0.138. The standard InChI is InChI=1S/C23H29ClF5N5O3/c1-4-34-19(14-10-30-16(9-15(14)37-21(25)26)32-13(3)23(27,28)29)17(24)18(33-34)20(35)31-11-22(36)7-5-12(2)6-8-22/h9-10,12-13,21,36H,4-8,11H2,1-3H3,(H,30,32)(H,31,35)/t12?,13-,22?/m1/s1. The minimum absolute atomic E-state index is 0.0117. The molecule has 3 rings (SSSR count). The smallest absolute Gasteiger partial charge is 0.408 e. The molecule has 1 fully saturated rings. The number of halogens is 6. The second-order valence-corrected chi connectivity index (χ2v) is 9.65. The van der Waals surface area contributed by atoms with Crippen molar-refractivity contribution in [2.24, 2.45) is 5.92 Å². The largest absolute Gasteiger partial charge is 0.434 e. The molecule has 3 N–H and O–H groups in total. The summed E-state index contributed by atoms with van der Waals surface area (Å²) in [6, 6.07) is -1.11. The highest BCUT2D eigenvalue weighted by Crippen LogP contribution is 2.39. The average molecular weight is 554 g/mol. The van der Waals surface area contributed by atoms with E-state index in [0.717, 1.165) is 32.0 Å². The fourth-order valence-corrected chi connectivity index (χ4v) is 4.39. The van der Waals surface area contributed by atoms with Crippen LogP contribution in [-0.2, 0) is 6.54 Å². The second kappa shape index (κ2) is 11.4. The number of anilines is 1. The quantitative estimate of drug-likeness (QED) is 0.367. The Morgan fingerprint density at radius 1 is 1.35 bits per heavy atom. The first-order chi connectivity index (χ1) is 17.2. The summed E-state index contributed by atoms with van der Waals surface area (Å²) >= 11 is 6.46. The summed E-state index contributed by atoms with van der Waals surface area (Å²) in [6.07, 6.45) is -0.859. The summed E-state index contributed by atoms with van der Waals surface area (Å²) in [5.41, 5.74) is -1.33. The van der Waals surface area contributed by atoms with Gasteiger partial charge in [0.1, 0.15) is 17.6 Å². The van der Waals surface area contributed by atoms with Gasteiger partial charge >= 0.3 is 12.8 Å². The van der Waals surface area contributed by atoms with Crippen LogP contribution in [0.5, 0.6) is 5.75 Å². The van der Waals surface area contributed by atoms with Gasteiger partial charge in [-0.05, 0) is 45.4 Å². The third-order valence-electron chi connectivity index (χ3n) is 6.38. The molecule has 0 aromatic carbocycles. The summed E-state index contributed by atoms with van der Waals surface area (Å²) in [5, 5.41) is 19.5. The molecule has 1 aliphatic rings. The van der Waals surface area contributed by atoms with E-state index in [1.807, 2.05) is 0 Å². The van der Waals surface area contributed by atoms with Crippen molar-refractivity contribution in [3.8, 4) is 17.0 Å². The number of rotatable bonds is 9. The van der Waals surface area contributed by atoms with Gasteiger partial charge in [0, 0.05) is 25.4 Å². The van der Waals surface area contributed by atoms with Gasteiger partial charge in [-0.3, -0.25) is 9.48 Å². The highest BCUT2D eigenvalue weighted by atomic mass is 35.5. The first kappa shape index (κ1) is 28.9. The number of pyridine rings is 1. The number of nitrogens with one attached hydrogen (secondary N) is 2. The van der Waals surface area contributed by atoms with Crippen molar-refractivity contribution >= 4 is 23.3 Å². The maximum Gasteiger partial charge on any atom is 0.408 e. The Kier molecular flexibility index (Phi) is 8.89. The molecule has 1 aliphatic carbocycles. The molecule has 1 amide bonds. The Morgan fingerprint density at radius 3 is 2.57 bits per heavy atom. The van der Waals surface area contributed by atoms with Gasteiger partial charge < -0.3 is 20.5 Å². The summed E-state index contributed by atoms with van der Waals surface area (Å²) in [6.45, 7) is 1.47. The number of carbonyl (C=O) groups excluding carboxylic acids is 1. The Labute approximate surface area is 215 Å². The van der Waals surface area contributed by atoms with Gasteiger partial charge in [0.05, 0.1) is 21.9 Å². The van der Waals surface area contributed by atoms with Crippen LogP contribution in [-0.4, -0.2) is 56.8 Å². The maximum absolute atomic E-state index is 13.2. The van der Waals surface area contributed by atoms with Crippen LogP contribution in [0.1, 0.15) is 56.9 Å². The fourth-order valence-electron chi connectivity index (χ4n) is 4.07. The number of hydrogen-bond acceptors (Lipinski definition) is 6. The molecule has 0 aliphatic heterocycles. The lowest BCUT2D eigenvalue weighted by Gasteiger charge is -2.34.